The van der Waals surface area contributed by atoms with Crippen molar-refractivity contribution in [1.82, 2.24) is 29.1 Å². The Bertz CT molecular complexity index is 1640. The molecule has 2 aliphatic heterocycles. The summed E-state index contributed by atoms with van der Waals surface area (Å²) < 4.78 is 50.3. The van der Waals surface area contributed by atoms with E-state index in [0.717, 1.165) is 17.1 Å². The molecule has 2 fully saturated rings. The summed E-state index contributed by atoms with van der Waals surface area (Å²) in [6.07, 6.45) is -9.29. The van der Waals surface area contributed by atoms with Gasteiger partial charge in [0.15, 0.2) is 23.9 Å². The van der Waals surface area contributed by atoms with Gasteiger partial charge in [-0.2, -0.15) is 4.98 Å². The number of phosphoric ester groups is 2. The Morgan fingerprint density at radius 2 is 1.44 bits per heavy atom. The van der Waals surface area contributed by atoms with Crippen LogP contribution in [0.2, 0.25) is 0 Å². The van der Waals surface area contributed by atoms with Crippen molar-refractivity contribution in [2.45, 2.75) is 49.1 Å². The lowest BCUT2D eigenvalue weighted by molar-refractivity contribution is -0.246. The summed E-state index contributed by atoms with van der Waals surface area (Å²) in [6.45, 7) is -2.04. The Morgan fingerprint density at radius 1 is 0.884 bits per heavy atom. The summed E-state index contributed by atoms with van der Waals surface area (Å²) in [5, 5.41) is 41.3. The maximum atomic E-state index is 12.2. The molecule has 0 spiro atoms. The highest BCUT2D eigenvalue weighted by Gasteiger charge is 2.46. The SMILES string of the molecule is Nc1ccn(C2OC(COP(=O)([O-])OP(=O)([O-])OCC3OC(n4cnc5c(N)ncnc54)C(O)C3O)C(O)C2O)c(=O)n1. The molecule has 10 atom stereocenters. The Morgan fingerprint density at radius 3 is 2.00 bits per heavy atom. The molecule has 5 rings (SSSR count). The maximum Gasteiger partial charge on any atom is 0.351 e. The van der Waals surface area contributed by atoms with Crippen LogP contribution < -0.4 is 26.9 Å². The Balaban J connectivity index is 1.16. The second-order valence-electron chi connectivity index (χ2n) is 9.29. The average Bonchev–Trinajstić information content (AvgIpc) is 3.57. The van der Waals surface area contributed by atoms with E-state index in [1.807, 2.05) is 0 Å². The van der Waals surface area contributed by atoms with E-state index in [1.54, 1.807) is 0 Å². The second-order valence-corrected chi connectivity index (χ2v) is 12.2. The van der Waals surface area contributed by atoms with Gasteiger partial charge >= 0.3 is 5.69 Å². The van der Waals surface area contributed by atoms with Crippen LogP contribution in [0, 0.1) is 0 Å². The van der Waals surface area contributed by atoms with Gasteiger partial charge in [-0.25, -0.2) is 24.1 Å². The van der Waals surface area contributed by atoms with Crippen molar-refractivity contribution >= 4 is 38.4 Å². The van der Waals surface area contributed by atoms with E-state index in [0.29, 0.717) is 0 Å². The van der Waals surface area contributed by atoms with Gasteiger partial charge in [-0.05, 0) is 6.07 Å². The minimum atomic E-state index is -5.70. The van der Waals surface area contributed by atoms with Crippen LogP contribution in [0.4, 0.5) is 11.6 Å². The van der Waals surface area contributed by atoms with Gasteiger partial charge in [-0.15, -0.1) is 0 Å². The number of imidazole rings is 1. The Hall–Kier alpha value is -2.95. The van der Waals surface area contributed by atoms with Gasteiger partial charge in [-0.3, -0.25) is 18.3 Å². The maximum absolute atomic E-state index is 12.2. The molecule has 2 aliphatic rings. The molecule has 0 saturated carbocycles. The first-order valence-corrected chi connectivity index (χ1v) is 15.0. The van der Waals surface area contributed by atoms with Gasteiger partial charge < -0.3 is 60.2 Å². The number of anilines is 2. The van der Waals surface area contributed by atoms with Crippen molar-refractivity contribution in [3.63, 3.8) is 0 Å². The summed E-state index contributed by atoms with van der Waals surface area (Å²) in [5.41, 5.74) is 10.5. The standard InChI is InChI=1S/C19H26N8O14P2/c20-9-1-2-26(19(32)25-9)17-13(30)11(28)7(39-17)3-37-42(33,34)41-43(35,36)38-4-8-12(29)14(31)18(40-8)27-6-24-10-15(21)22-5-23-16(10)27/h1-2,5-8,11-14,17-18,28-31H,3-4H2,(H,33,34)(H,35,36)(H2,20,25,32)(H2,21,22,23)/p-2. The van der Waals surface area contributed by atoms with Crippen molar-refractivity contribution in [1.29, 1.82) is 0 Å². The van der Waals surface area contributed by atoms with E-state index in [2.05, 4.69) is 33.3 Å². The number of phosphoric acid groups is 2. The van der Waals surface area contributed by atoms with Crippen LogP contribution in [0.25, 0.3) is 11.2 Å². The molecular formula is C19H24N8O14P2-2. The third-order valence-electron chi connectivity index (χ3n) is 6.46. The molecule has 3 aromatic heterocycles. The van der Waals surface area contributed by atoms with Crippen molar-refractivity contribution in [2.75, 3.05) is 24.7 Å². The molecule has 0 aromatic carbocycles. The topological polar surface area (TPSA) is 338 Å². The summed E-state index contributed by atoms with van der Waals surface area (Å²) in [5.74, 6) is -0.0923. The first-order chi connectivity index (χ1) is 20.2. The molecule has 8 N–H and O–H groups in total. The minimum absolute atomic E-state index is 0.0324. The Kier molecular flexibility index (Phi) is 8.68. The number of nitrogen functional groups attached to an aromatic ring is 2. The van der Waals surface area contributed by atoms with E-state index in [-0.39, 0.29) is 22.8 Å². The highest BCUT2D eigenvalue weighted by molar-refractivity contribution is 7.59. The molecule has 2 saturated heterocycles. The molecule has 3 aromatic rings. The number of nitrogens with zero attached hydrogens (tertiary/aromatic N) is 6. The monoisotopic (exact) mass is 650 g/mol. The number of aromatic nitrogens is 6. The highest BCUT2D eigenvalue weighted by atomic mass is 31.3. The first kappa shape index (κ1) is 31.5. The van der Waals surface area contributed by atoms with E-state index >= 15 is 0 Å². The minimum Gasteiger partial charge on any atom is -0.756 e. The van der Waals surface area contributed by atoms with E-state index in [4.69, 9.17) is 20.9 Å². The summed E-state index contributed by atoms with van der Waals surface area (Å²) >= 11 is 0. The lowest BCUT2D eigenvalue weighted by Gasteiger charge is -2.32. The van der Waals surface area contributed by atoms with E-state index < -0.39 is 83.6 Å². The number of hydrogen-bond acceptors (Lipinski definition) is 20. The van der Waals surface area contributed by atoms with Crippen molar-refractivity contribution in [3.8, 4) is 0 Å². The molecule has 24 heteroatoms. The molecule has 5 heterocycles. The fourth-order valence-electron chi connectivity index (χ4n) is 4.37. The Labute approximate surface area is 239 Å². The molecule has 236 valence electrons. The molecule has 0 bridgehead atoms. The average molecular weight is 650 g/mol. The number of fused-ring (bicyclic) bond motifs is 1. The zero-order valence-corrected chi connectivity index (χ0v) is 23.2. The van der Waals surface area contributed by atoms with Crippen LogP contribution in [-0.2, 0) is 32.0 Å². The fourth-order valence-corrected chi connectivity index (χ4v) is 6.38. The van der Waals surface area contributed by atoms with Crippen LogP contribution in [0.1, 0.15) is 12.5 Å². The second kappa shape index (κ2) is 11.9. The number of nitrogens with two attached hydrogens (primary N) is 2. The predicted molar refractivity (Wildman–Crippen MR) is 133 cm³/mol. The van der Waals surface area contributed by atoms with Crippen molar-refractivity contribution in [3.05, 3.63) is 35.4 Å². The van der Waals surface area contributed by atoms with Gasteiger partial charge in [-0.1, -0.05) is 0 Å². The van der Waals surface area contributed by atoms with Crippen molar-refractivity contribution < 1.29 is 62.2 Å². The zero-order chi connectivity index (χ0) is 31.3. The predicted octanol–water partition coefficient (Wildman–Crippen LogP) is -4.53. The lowest BCUT2D eigenvalue weighted by atomic mass is 10.1. The molecule has 0 amide bonds. The lowest BCUT2D eigenvalue weighted by Crippen LogP contribution is -2.36. The molecular weight excluding hydrogens is 626 g/mol. The van der Waals surface area contributed by atoms with Gasteiger partial charge in [0.1, 0.15) is 54.3 Å². The van der Waals surface area contributed by atoms with Crippen molar-refractivity contribution in [2.24, 2.45) is 0 Å². The van der Waals surface area contributed by atoms with E-state index in [1.165, 1.54) is 17.0 Å². The largest absolute Gasteiger partial charge is 0.756 e. The summed E-state index contributed by atoms with van der Waals surface area (Å²) in [6, 6.07) is 1.21. The van der Waals surface area contributed by atoms with E-state index in [9.17, 15) is 44.1 Å². The van der Waals surface area contributed by atoms with Crippen LogP contribution in [0.3, 0.4) is 0 Å². The third kappa shape index (κ3) is 6.47. The summed E-state index contributed by atoms with van der Waals surface area (Å²) in [7, 11) is -11.4. The third-order valence-corrected chi connectivity index (χ3v) is 8.99. The number of ether oxygens (including phenoxy) is 2. The van der Waals surface area contributed by atoms with Gasteiger partial charge in [0.2, 0.25) is 0 Å². The van der Waals surface area contributed by atoms with Gasteiger partial charge in [0, 0.05) is 6.20 Å². The van der Waals surface area contributed by atoms with Crippen LogP contribution in [-0.4, -0.2) is 99.3 Å². The molecule has 10 unspecified atom stereocenters. The number of aliphatic hydroxyl groups excluding tert-OH is 4. The molecule has 43 heavy (non-hydrogen) atoms. The number of hydrogen-bond donors (Lipinski definition) is 6. The molecule has 0 aliphatic carbocycles. The van der Waals surface area contributed by atoms with Gasteiger partial charge in [0.05, 0.1) is 19.5 Å². The smallest absolute Gasteiger partial charge is 0.351 e. The summed E-state index contributed by atoms with van der Waals surface area (Å²) in [4.78, 5) is 51.7. The quantitative estimate of drug-likeness (QED) is 0.112. The molecule has 22 nitrogen and oxygen atoms in total. The van der Waals surface area contributed by atoms with Crippen LogP contribution in [0.15, 0.2) is 29.7 Å². The fraction of sp³-hybridized carbons (Fsp3) is 0.526. The zero-order valence-electron chi connectivity index (χ0n) is 21.4. The number of aliphatic hydroxyl groups is 4. The van der Waals surface area contributed by atoms with Crippen LogP contribution >= 0.6 is 15.6 Å². The normalized spacial score (nSPS) is 32.1. The first-order valence-electron chi connectivity index (χ1n) is 12.1. The molecule has 0 radical (unpaired) electrons. The highest BCUT2D eigenvalue weighted by Crippen LogP contribution is 2.56. The van der Waals surface area contributed by atoms with Crippen LogP contribution in [0.5, 0.6) is 0 Å². The van der Waals surface area contributed by atoms with Gasteiger partial charge in [0.25, 0.3) is 15.6 Å². The number of rotatable bonds is 10.